The zero-order chi connectivity index (χ0) is 13.9. The summed E-state index contributed by atoms with van der Waals surface area (Å²) in [6, 6.07) is 0. The Morgan fingerprint density at radius 1 is 1.32 bits per heavy atom. The number of ketones is 1. The quantitative estimate of drug-likeness (QED) is 0.675. The van der Waals surface area contributed by atoms with Crippen molar-refractivity contribution in [3.8, 4) is 0 Å². The number of ether oxygens (including phenoxy) is 1. The highest BCUT2D eigenvalue weighted by Gasteiger charge is 2.57. The summed E-state index contributed by atoms with van der Waals surface area (Å²) in [5.74, 6) is -0.173. The van der Waals surface area contributed by atoms with E-state index < -0.39 is 17.6 Å². The van der Waals surface area contributed by atoms with Crippen LogP contribution in [0.25, 0.3) is 0 Å². The fourth-order valence-corrected chi connectivity index (χ4v) is 3.89. The molecule has 1 aliphatic heterocycles. The largest absolute Gasteiger partial charge is 0.459 e. The van der Waals surface area contributed by atoms with Crippen molar-refractivity contribution in [2.24, 2.45) is 17.8 Å². The molecule has 0 unspecified atom stereocenters. The van der Waals surface area contributed by atoms with E-state index in [0.717, 1.165) is 11.1 Å². The number of hydrogen-bond donors (Lipinski definition) is 1. The number of rotatable bonds is 0. The number of fused-ring (bicyclic) bond motifs is 2. The van der Waals surface area contributed by atoms with Crippen LogP contribution >= 0.6 is 0 Å². The molecule has 2 aliphatic carbocycles. The maximum absolute atomic E-state index is 11.9. The highest BCUT2D eigenvalue weighted by molar-refractivity contribution is 5.98. The summed E-state index contributed by atoms with van der Waals surface area (Å²) >= 11 is 0. The molecule has 1 saturated carbocycles. The van der Waals surface area contributed by atoms with Crippen LogP contribution in [-0.2, 0) is 14.3 Å². The summed E-state index contributed by atoms with van der Waals surface area (Å²) in [6.45, 7) is 5.65. The SMILES string of the molecule is CC1=C2C[C@@]3(O)[C@@H](C[C@H](C)[C@@H]2CC1=O)OC(=O)[C@@H]3C. The highest BCUT2D eigenvalue weighted by Crippen LogP contribution is 2.50. The van der Waals surface area contributed by atoms with Crippen LogP contribution < -0.4 is 0 Å². The van der Waals surface area contributed by atoms with Crippen molar-refractivity contribution in [1.82, 2.24) is 0 Å². The van der Waals surface area contributed by atoms with Gasteiger partial charge in [-0.1, -0.05) is 12.5 Å². The molecule has 1 N–H and O–H groups in total. The lowest BCUT2D eigenvalue weighted by molar-refractivity contribution is -0.144. The van der Waals surface area contributed by atoms with Crippen LogP contribution in [0.3, 0.4) is 0 Å². The predicted octanol–water partition coefficient (Wildman–Crippen LogP) is 1.61. The predicted molar refractivity (Wildman–Crippen MR) is 68.2 cm³/mol. The number of carbonyl (C=O) groups is 2. The van der Waals surface area contributed by atoms with Gasteiger partial charge in [-0.3, -0.25) is 9.59 Å². The van der Waals surface area contributed by atoms with Gasteiger partial charge in [-0.2, -0.15) is 0 Å². The van der Waals surface area contributed by atoms with Crippen LogP contribution in [0.4, 0.5) is 0 Å². The van der Waals surface area contributed by atoms with Crippen LogP contribution in [0.15, 0.2) is 11.1 Å². The smallest absolute Gasteiger partial charge is 0.312 e. The van der Waals surface area contributed by atoms with E-state index in [-0.39, 0.29) is 23.6 Å². The molecule has 1 saturated heterocycles. The average molecular weight is 264 g/mol. The zero-order valence-corrected chi connectivity index (χ0v) is 11.6. The molecule has 104 valence electrons. The second-order valence-corrected chi connectivity index (χ2v) is 6.41. The summed E-state index contributed by atoms with van der Waals surface area (Å²) in [5, 5.41) is 10.9. The standard InChI is InChI=1S/C15H20O4/c1-7-4-13-15(18,9(3)14(17)19-13)6-11-8(2)12(16)5-10(7)11/h7,9-10,13,18H,4-6H2,1-3H3/t7-,9-,10-,13+,15-/m0/s1. The third-order valence-corrected chi connectivity index (χ3v) is 5.42. The first-order chi connectivity index (χ1) is 8.84. The van der Waals surface area contributed by atoms with E-state index in [4.69, 9.17) is 4.74 Å². The van der Waals surface area contributed by atoms with Crippen molar-refractivity contribution in [3.05, 3.63) is 11.1 Å². The van der Waals surface area contributed by atoms with Crippen molar-refractivity contribution in [3.63, 3.8) is 0 Å². The second-order valence-electron chi connectivity index (χ2n) is 6.41. The van der Waals surface area contributed by atoms with Gasteiger partial charge in [0, 0.05) is 12.8 Å². The molecule has 1 heterocycles. The Kier molecular flexibility index (Phi) is 2.65. The van der Waals surface area contributed by atoms with Gasteiger partial charge in [0.15, 0.2) is 5.78 Å². The lowest BCUT2D eigenvalue weighted by Crippen LogP contribution is -2.43. The molecule has 3 aliphatic rings. The summed E-state index contributed by atoms with van der Waals surface area (Å²) in [5.41, 5.74) is 0.700. The Morgan fingerprint density at radius 3 is 2.68 bits per heavy atom. The third-order valence-electron chi connectivity index (χ3n) is 5.42. The van der Waals surface area contributed by atoms with E-state index >= 15 is 0 Å². The molecular weight excluding hydrogens is 244 g/mol. The molecule has 19 heavy (non-hydrogen) atoms. The molecule has 3 rings (SSSR count). The van der Waals surface area contributed by atoms with Crippen LogP contribution in [-0.4, -0.2) is 28.6 Å². The minimum atomic E-state index is -1.14. The number of carbonyl (C=O) groups excluding carboxylic acids is 2. The van der Waals surface area contributed by atoms with E-state index in [2.05, 4.69) is 6.92 Å². The fraction of sp³-hybridized carbons (Fsp3) is 0.733. The molecule has 5 atom stereocenters. The van der Waals surface area contributed by atoms with Gasteiger partial charge in [0.25, 0.3) is 0 Å². The van der Waals surface area contributed by atoms with Gasteiger partial charge >= 0.3 is 5.97 Å². The number of esters is 1. The lowest BCUT2D eigenvalue weighted by Gasteiger charge is -2.29. The summed E-state index contributed by atoms with van der Waals surface area (Å²) in [6.07, 6.45) is 1.16. The van der Waals surface area contributed by atoms with Gasteiger partial charge in [-0.15, -0.1) is 0 Å². The maximum atomic E-state index is 11.9. The van der Waals surface area contributed by atoms with Crippen LogP contribution in [0.5, 0.6) is 0 Å². The molecule has 0 bridgehead atoms. The number of hydrogen-bond acceptors (Lipinski definition) is 4. The fourth-order valence-electron chi connectivity index (χ4n) is 3.89. The van der Waals surface area contributed by atoms with Gasteiger partial charge in [-0.05, 0) is 37.7 Å². The van der Waals surface area contributed by atoms with Gasteiger partial charge < -0.3 is 9.84 Å². The van der Waals surface area contributed by atoms with Crippen LogP contribution in [0.1, 0.15) is 40.0 Å². The summed E-state index contributed by atoms with van der Waals surface area (Å²) in [4.78, 5) is 23.6. The number of Topliss-reactive ketones (excluding diaryl/α,β-unsaturated/α-hetero) is 1. The maximum Gasteiger partial charge on any atom is 0.312 e. The molecule has 2 fully saturated rings. The van der Waals surface area contributed by atoms with Gasteiger partial charge in [-0.25, -0.2) is 0 Å². The Labute approximate surface area is 112 Å². The molecule has 0 aromatic rings. The lowest BCUT2D eigenvalue weighted by atomic mass is 9.81. The van der Waals surface area contributed by atoms with Crippen molar-refractivity contribution in [2.75, 3.05) is 0 Å². The molecular formula is C15H20O4. The summed E-state index contributed by atoms with van der Waals surface area (Å²) in [7, 11) is 0. The first-order valence-corrected chi connectivity index (χ1v) is 7.00. The molecule has 0 aromatic carbocycles. The molecule has 4 nitrogen and oxygen atoms in total. The zero-order valence-electron chi connectivity index (χ0n) is 11.6. The third kappa shape index (κ3) is 1.62. The Balaban J connectivity index is 2.05. The Bertz CT molecular complexity index is 492. The normalized spacial score (nSPS) is 45.9. The van der Waals surface area contributed by atoms with E-state index in [1.54, 1.807) is 6.92 Å². The van der Waals surface area contributed by atoms with Crippen LogP contribution in [0, 0.1) is 17.8 Å². The summed E-state index contributed by atoms with van der Waals surface area (Å²) < 4.78 is 5.36. The van der Waals surface area contributed by atoms with E-state index in [1.165, 1.54) is 0 Å². The average Bonchev–Trinajstić information content (AvgIpc) is 2.69. The second kappa shape index (κ2) is 3.92. The highest BCUT2D eigenvalue weighted by atomic mass is 16.6. The minimum Gasteiger partial charge on any atom is -0.459 e. The molecule has 0 amide bonds. The van der Waals surface area contributed by atoms with Gasteiger partial charge in [0.1, 0.15) is 11.7 Å². The van der Waals surface area contributed by atoms with Crippen molar-refractivity contribution in [2.45, 2.75) is 51.7 Å². The minimum absolute atomic E-state index is 0.187. The molecule has 4 heteroatoms. The van der Waals surface area contributed by atoms with Crippen molar-refractivity contribution < 1.29 is 19.4 Å². The first kappa shape index (κ1) is 12.9. The van der Waals surface area contributed by atoms with Crippen molar-refractivity contribution in [1.29, 1.82) is 0 Å². The first-order valence-electron chi connectivity index (χ1n) is 7.00. The van der Waals surface area contributed by atoms with Crippen LogP contribution in [0.2, 0.25) is 0 Å². The van der Waals surface area contributed by atoms with Gasteiger partial charge in [0.05, 0.1) is 5.92 Å². The van der Waals surface area contributed by atoms with Crippen molar-refractivity contribution >= 4 is 11.8 Å². The number of allylic oxidation sites excluding steroid dienone is 1. The molecule has 0 aromatic heterocycles. The monoisotopic (exact) mass is 264 g/mol. The molecule has 0 radical (unpaired) electrons. The topological polar surface area (TPSA) is 63.6 Å². The Hall–Kier alpha value is -1.16. The van der Waals surface area contributed by atoms with E-state index in [0.29, 0.717) is 19.3 Å². The van der Waals surface area contributed by atoms with E-state index in [9.17, 15) is 14.7 Å². The Morgan fingerprint density at radius 2 is 2.00 bits per heavy atom. The number of aliphatic hydroxyl groups is 1. The van der Waals surface area contributed by atoms with Gasteiger partial charge in [0.2, 0.25) is 0 Å². The molecule has 0 spiro atoms. The van der Waals surface area contributed by atoms with E-state index in [1.807, 2.05) is 6.92 Å².